The summed E-state index contributed by atoms with van der Waals surface area (Å²) in [7, 11) is 1.50. The van der Waals surface area contributed by atoms with Crippen molar-refractivity contribution < 1.29 is 29.6 Å². The van der Waals surface area contributed by atoms with Gasteiger partial charge in [0.15, 0.2) is 28.7 Å². The number of nitrogens with zero attached hydrogens (tertiary/aromatic N) is 1. The number of hydrogen-bond acceptors (Lipinski definition) is 7. The van der Waals surface area contributed by atoms with Gasteiger partial charge >= 0.3 is 0 Å². The number of ether oxygens (including phenoxy) is 2. The van der Waals surface area contributed by atoms with Crippen molar-refractivity contribution >= 4 is 39.7 Å². The second-order valence-electron chi connectivity index (χ2n) is 6.48. The molecule has 0 aromatic heterocycles. The lowest BCUT2D eigenvalue weighted by Crippen LogP contribution is -2.17. The fourth-order valence-corrected chi connectivity index (χ4v) is 3.45. The van der Waals surface area contributed by atoms with Gasteiger partial charge in [0.2, 0.25) is 0 Å². The summed E-state index contributed by atoms with van der Waals surface area (Å²) >= 11 is 9.61. The van der Waals surface area contributed by atoms with Crippen LogP contribution in [0.15, 0.2) is 58.1 Å². The Kier molecular flexibility index (Phi) is 7.45. The number of nitrogens with one attached hydrogen (secondary N) is 1. The topological polar surface area (TPSA) is 121 Å². The van der Waals surface area contributed by atoms with E-state index in [-0.39, 0.29) is 12.2 Å². The van der Waals surface area contributed by atoms with Crippen molar-refractivity contribution in [1.82, 2.24) is 5.43 Å². The number of hydrogen-bond donors (Lipinski definition) is 4. The van der Waals surface area contributed by atoms with Gasteiger partial charge in [-0.3, -0.25) is 4.79 Å². The molecule has 3 aromatic carbocycles. The van der Waals surface area contributed by atoms with Gasteiger partial charge < -0.3 is 24.8 Å². The van der Waals surface area contributed by atoms with Crippen molar-refractivity contribution in [2.75, 3.05) is 7.11 Å². The number of phenols is 3. The Morgan fingerprint density at radius 1 is 1.16 bits per heavy atom. The van der Waals surface area contributed by atoms with E-state index in [1.54, 1.807) is 18.2 Å². The van der Waals surface area contributed by atoms with E-state index in [9.17, 15) is 20.1 Å². The van der Waals surface area contributed by atoms with Crippen molar-refractivity contribution in [3.8, 4) is 28.7 Å². The summed E-state index contributed by atoms with van der Waals surface area (Å²) in [6.07, 6.45) is 1.38. The molecule has 0 radical (unpaired) electrons. The first-order valence-corrected chi connectivity index (χ1v) is 10.3. The van der Waals surface area contributed by atoms with Crippen molar-refractivity contribution in [3.63, 3.8) is 0 Å². The van der Waals surface area contributed by atoms with Crippen LogP contribution in [0.5, 0.6) is 28.7 Å². The minimum atomic E-state index is -0.709. The van der Waals surface area contributed by atoms with Gasteiger partial charge in [-0.25, -0.2) is 5.43 Å². The summed E-state index contributed by atoms with van der Waals surface area (Å²) < 4.78 is 11.9. The highest BCUT2D eigenvalue weighted by atomic mass is 79.9. The van der Waals surface area contributed by atoms with Crippen LogP contribution in [0.2, 0.25) is 5.02 Å². The lowest BCUT2D eigenvalue weighted by Gasteiger charge is -2.14. The highest BCUT2D eigenvalue weighted by Gasteiger charge is 2.14. The van der Waals surface area contributed by atoms with Gasteiger partial charge in [-0.2, -0.15) is 5.10 Å². The molecular weight excluding hydrogens is 504 g/mol. The van der Waals surface area contributed by atoms with Crippen molar-refractivity contribution in [3.05, 3.63) is 74.7 Å². The van der Waals surface area contributed by atoms with Crippen LogP contribution in [0.3, 0.4) is 0 Å². The van der Waals surface area contributed by atoms with E-state index < -0.39 is 23.2 Å². The molecule has 1 amide bonds. The second kappa shape index (κ2) is 10.3. The average molecular weight is 522 g/mol. The number of halogens is 2. The van der Waals surface area contributed by atoms with Gasteiger partial charge in [-0.15, -0.1) is 0 Å². The molecular formula is C22H18BrClN2O6. The minimum absolute atomic E-state index is 0.0861. The third-order valence-corrected chi connectivity index (χ3v) is 5.25. The first-order valence-electron chi connectivity index (χ1n) is 9.12. The zero-order valence-corrected chi connectivity index (χ0v) is 19.0. The van der Waals surface area contributed by atoms with E-state index in [4.69, 9.17) is 21.1 Å². The van der Waals surface area contributed by atoms with E-state index >= 15 is 0 Å². The molecule has 0 saturated carbocycles. The molecule has 0 aliphatic heterocycles. The Balaban J connectivity index is 1.72. The molecule has 4 N–H and O–H groups in total. The Bertz CT molecular complexity index is 1160. The Labute approximate surface area is 196 Å². The van der Waals surface area contributed by atoms with Crippen LogP contribution in [0.1, 0.15) is 21.5 Å². The van der Waals surface area contributed by atoms with Gasteiger partial charge in [0.05, 0.1) is 17.8 Å². The SMILES string of the molecule is COc1cc(/C=N\NC(=O)c2cc(O)c(O)c(O)c2)cc(Br)c1OCc1ccccc1Cl. The zero-order valence-electron chi connectivity index (χ0n) is 16.7. The fraction of sp³-hybridized carbons (Fsp3) is 0.0909. The predicted molar refractivity (Wildman–Crippen MR) is 123 cm³/mol. The molecule has 0 saturated heterocycles. The lowest BCUT2D eigenvalue weighted by atomic mass is 10.2. The number of methoxy groups -OCH3 is 1. The molecule has 0 unspecified atom stereocenters. The molecule has 0 atom stereocenters. The third-order valence-electron chi connectivity index (χ3n) is 4.29. The van der Waals surface area contributed by atoms with E-state index in [0.717, 1.165) is 17.7 Å². The zero-order chi connectivity index (χ0) is 23.3. The van der Waals surface area contributed by atoms with E-state index in [1.165, 1.54) is 13.3 Å². The van der Waals surface area contributed by atoms with Gasteiger partial charge in [-0.1, -0.05) is 29.8 Å². The van der Waals surface area contributed by atoms with Gasteiger partial charge in [0.25, 0.3) is 5.91 Å². The summed E-state index contributed by atoms with van der Waals surface area (Å²) in [5.41, 5.74) is 3.60. The van der Waals surface area contributed by atoms with Crippen LogP contribution in [0.4, 0.5) is 0 Å². The molecule has 32 heavy (non-hydrogen) atoms. The number of rotatable bonds is 7. The molecule has 8 nitrogen and oxygen atoms in total. The minimum Gasteiger partial charge on any atom is -0.504 e. The van der Waals surface area contributed by atoms with Crippen molar-refractivity contribution in [2.45, 2.75) is 6.61 Å². The fourth-order valence-electron chi connectivity index (χ4n) is 2.69. The Hall–Kier alpha value is -3.43. The molecule has 166 valence electrons. The summed E-state index contributed by atoms with van der Waals surface area (Å²) in [6.45, 7) is 0.241. The quantitative estimate of drug-likeness (QED) is 0.205. The van der Waals surface area contributed by atoms with E-state index in [2.05, 4.69) is 26.5 Å². The molecule has 0 aliphatic rings. The number of carbonyl (C=O) groups excluding carboxylic acids is 1. The lowest BCUT2D eigenvalue weighted by molar-refractivity contribution is 0.0954. The monoisotopic (exact) mass is 520 g/mol. The highest BCUT2D eigenvalue weighted by Crippen LogP contribution is 2.37. The van der Waals surface area contributed by atoms with Crippen molar-refractivity contribution in [1.29, 1.82) is 0 Å². The van der Waals surface area contributed by atoms with E-state index in [0.29, 0.717) is 26.6 Å². The van der Waals surface area contributed by atoms with Crippen LogP contribution in [-0.2, 0) is 6.61 Å². The molecule has 10 heteroatoms. The molecule has 0 bridgehead atoms. The van der Waals surface area contributed by atoms with Crippen LogP contribution >= 0.6 is 27.5 Å². The largest absolute Gasteiger partial charge is 0.504 e. The molecule has 0 aliphatic carbocycles. The second-order valence-corrected chi connectivity index (χ2v) is 7.74. The summed E-state index contributed by atoms with van der Waals surface area (Å²) in [5, 5.41) is 32.8. The number of benzene rings is 3. The van der Waals surface area contributed by atoms with Crippen molar-refractivity contribution in [2.24, 2.45) is 5.10 Å². The maximum Gasteiger partial charge on any atom is 0.271 e. The number of carbonyl (C=O) groups is 1. The maximum absolute atomic E-state index is 12.1. The normalized spacial score (nSPS) is 10.8. The average Bonchev–Trinajstić information content (AvgIpc) is 2.77. The molecule has 3 rings (SSSR count). The van der Waals surface area contributed by atoms with Crippen LogP contribution in [0.25, 0.3) is 0 Å². The van der Waals surface area contributed by atoms with Gasteiger partial charge in [0.1, 0.15) is 6.61 Å². The smallest absolute Gasteiger partial charge is 0.271 e. The first kappa shape index (κ1) is 23.2. The standard InChI is InChI=1S/C22H18BrClN2O6/c1-31-19-7-12(6-15(23)21(19)32-11-13-4-2-3-5-16(13)24)10-25-26-22(30)14-8-17(27)20(29)18(28)9-14/h2-10,27-29H,11H2,1H3,(H,26,30)/b25-10-. The number of hydrazone groups is 1. The number of aromatic hydroxyl groups is 3. The Morgan fingerprint density at radius 2 is 1.84 bits per heavy atom. The first-order chi connectivity index (χ1) is 15.3. The van der Waals surface area contributed by atoms with Crippen LogP contribution < -0.4 is 14.9 Å². The third kappa shape index (κ3) is 5.43. The van der Waals surface area contributed by atoms with Crippen LogP contribution in [-0.4, -0.2) is 34.6 Å². The summed E-state index contributed by atoms with van der Waals surface area (Å²) in [6, 6.07) is 12.7. The Morgan fingerprint density at radius 3 is 2.50 bits per heavy atom. The molecule has 0 spiro atoms. The molecule has 0 fully saturated rings. The highest BCUT2D eigenvalue weighted by molar-refractivity contribution is 9.10. The maximum atomic E-state index is 12.1. The van der Waals surface area contributed by atoms with Crippen LogP contribution in [0, 0.1) is 0 Å². The molecule has 3 aromatic rings. The van der Waals surface area contributed by atoms with Gasteiger partial charge in [0, 0.05) is 16.1 Å². The predicted octanol–water partition coefficient (Wildman–Crippen LogP) is 4.57. The number of amides is 1. The summed E-state index contributed by atoms with van der Waals surface area (Å²) in [5.74, 6) is -1.74. The van der Waals surface area contributed by atoms with E-state index in [1.807, 2.05) is 18.2 Å². The summed E-state index contributed by atoms with van der Waals surface area (Å²) in [4.78, 5) is 12.1. The number of phenolic OH excluding ortho intramolecular Hbond substituents is 3. The van der Waals surface area contributed by atoms with Gasteiger partial charge in [-0.05, 0) is 51.8 Å². The molecule has 0 heterocycles.